The van der Waals surface area contributed by atoms with Crippen LogP contribution in [0.5, 0.6) is 0 Å². The summed E-state index contributed by atoms with van der Waals surface area (Å²) in [6, 6.07) is 7.43. The summed E-state index contributed by atoms with van der Waals surface area (Å²) in [5.41, 5.74) is 3.01. The molecule has 7 heteroatoms. The van der Waals surface area contributed by atoms with E-state index in [1.807, 2.05) is 45.0 Å². The highest BCUT2D eigenvalue weighted by Gasteiger charge is 2.17. The lowest BCUT2D eigenvalue weighted by molar-refractivity contribution is -0.118. The van der Waals surface area contributed by atoms with Crippen LogP contribution in [0.3, 0.4) is 0 Å². The second-order valence-electron chi connectivity index (χ2n) is 5.75. The number of rotatable bonds is 6. The zero-order chi connectivity index (χ0) is 17.7. The number of hydrogen-bond donors (Lipinski definition) is 3. The topological polar surface area (TPSA) is 83.1 Å². The predicted molar refractivity (Wildman–Crippen MR) is 97.5 cm³/mol. The number of carbonyl (C=O) groups excluding carboxylic acids is 2. The Morgan fingerprint density at radius 3 is 2.46 bits per heavy atom. The van der Waals surface area contributed by atoms with Crippen LogP contribution in [0.15, 0.2) is 24.3 Å². The first-order chi connectivity index (χ1) is 11.4. The van der Waals surface area contributed by atoms with Crippen LogP contribution in [0, 0.1) is 12.8 Å². The number of nitrogens with zero attached hydrogens (tertiary/aromatic N) is 1. The number of hydrogen-bond acceptors (Lipinski definition) is 5. The van der Waals surface area contributed by atoms with E-state index in [9.17, 15) is 9.59 Å². The third-order valence-electron chi connectivity index (χ3n) is 3.52. The fourth-order valence-electron chi connectivity index (χ4n) is 2.07. The van der Waals surface area contributed by atoms with E-state index >= 15 is 0 Å². The van der Waals surface area contributed by atoms with E-state index in [0.717, 1.165) is 16.3 Å². The second kappa shape index (κ2) is 7.92. The van der Waals surface area contributed by atoms with Gasteiger partial charge in [0.25, 0.3) is 5.91 Å². The van der Waals surface area contributed by atoms with Gasteiger partial charge < -0.3 is 16.0 Å². The zero-order valence-electron chi connectivity index (χ0n) is 14.3. The Kier molecular flexibility index (Phi) is 5.92. The molecule has 0 saturated carbocycles. The van der Waals surface area contributed by atoms with Gasteiger partial charge in [-0.1, -0.05) is 26.0 Å². The van der Waals surface area contributed by atoms with Crippen molar-refractivity contribution in [2.45, 2.75) is 27.3 Å². The summed E-state index contributed by atoms with van der Waals surface area (Å²) >= 11 is 1.27. The molecule has 2 aromatic rings. The van der Waals surface area contributed by atoms with E-state index < -0.39 is 0 Å². The maximum atomic E-state index is 12.3. The Bertz CT molecular complexity index is 723. The maximum Gasteiger partial charge on any atom is 0.256 e. The molecule has 0 spiro atoms. The van der Waals surface area contributed by atoms with Gasteiger partial charge in [-0.3, -0.25) is 9.59 Å². The minimum atomic E-state index is -0.150. The van der Waals surface area contributed by atoms with Crippen molar-refractivity contribution in [3.05, 3.63) is 41.1 Å². The van der Waals surface area contributed by atoms with Gasteiger partial charge in [-0.15, -0.1) is 0 Å². The van der Waals surface area contributed by atoms with Crippen molar-refractivity contribution < 1.29 is 9.59 Å². The molecule has 0 radical (unpaired) electrons. The minimum Gasteiger partial charge on any atom is -0.378 e. The molecule has 128 valence electrons. The molecule has 2 rings (SSSR count). The smallest absolute Gasteiger partial charge is 0.256 e. The van der Waals surface area contributed by atoms with Crippen LogP contribution in [0.1, 0.15) is 35.5 Å². The van der Waals surface area contributed by atoms with E-state index in [1.54, 1.807) is 7.05 Å². The van der Waals surface area contributed by atoms with Crippen molar-refractivity contribution in [2.75, 3.05) is 17.7 Å². The highest BCUT2D eigenvalue weighted by Crippen LogP contribution is 2.23. The molecule has 1 heterocycles. The van der Waals surface area contributed by atoms with Crippen molar-refractivity contribution in [3.63, 3.8) is 0 Å². The van der Waals surface area contributed by atoms with Gasteiger partial charge in [-0.25, -0.2) is 0 Å². The molecule has 0 fully saturated rings. The van der Waals surface area contributed by atoms with E-state index in [-0.39, 0.29) is 17.7 Å². The number of aromatic nitrogens is 1. The molecule has 0 saturated heterocycles. The minimum absolute atomic E-state index is 0.0175. The Hall–Kier alpha value is -2.41. The normalized spacial score (nSPS) is 10.5. The van der Waals surface area contributed by atoms with Crippen LogP contribution in [0.4, 0.5) is 10.7 Å². The molecule has 6 nitrogen and oxygen atoms in total. The highest BCUT2D eigenvalue weighted by molar-refractivity contribution is 7.10. The Morgan fingerprint density at radius 2 is 1.88 bits per heavy atom. The number of anilines is 2. The summed E-state index contributed by atoms with van der Waals surface area (Å²) in [5.74, 6) is -0.230. The van der Waals surface area contributed by atoms with E-state index in [2.05, 4.69) is 20.3 Å². The second-order valence-corrected chi connectivity index (χ2v) is 6.52. The van der Waals surface area contributed by atoms with Crippen LogP contribution in [0.25, 0.3) is 0 Å². The van der Waals surface area contributed by atoms with Gasteiger partial charge in [0.1, 0.15) is 5.00 Å². The lowest BCUT2D eigenvalue weighted by atomic mass is 10.1. The quantitative estimate of drug-likeness (QED) is 0.751. The molecule has 1 aromatic carbocycles. The summed E-state index contributed by atoms with van der Waals surface area (Å²) in [7, 11) is 1.77. The van der Waals surface area contributed by atoms with Gasteiger partial charge in [-0.05, 0) is 36.2 Å². The molecule has 0 unspecified atom stereocenters. The predicted octanol–water partition coefficient (Wildman–Crippen LogP) is 3.02. The highest BCUT2D eigenvalue weighted by atomic mass is 32.1. The van der Waals surface area contributed by atoms with Gasteiger partial charge in [0, 0.05) is 25.2 Å². The van der Waals surface area contributed by atoms with Gasteiger partial charge in [-0.2, -0.15) is 4.37 Å². The summed E-state index contributed by atoms with van der Waals surface area (Å²) in [6.45, 7) is 5.92. The fourth-order valence-corrected chi connectivity index (χ4v) is 2.81. The number of benzene rings is 1. The van der Waals surface area contributed by atoms with Gasteiger partial charge in [0.2, 0.25) is 5.91 Å². The Balaban J connectivity index is 1.96. The van der Waals surface area contributed by atoms with Crippen molar-refractivity contribution in [3.8, 4) is 0 Å². The molecule has 0 bridgehead atoms. The van der Waals surface area contributed by atoms with E-state index in [0.29, 0.717) is 17.8 Å². The standard InChI is InChI=1S/C17H22N4O2S/c1-10(2)15(22)20-13-7-5-12(6-8-13)9-19-16(23)14-11(3)21-24-17(14)18-4/h5-8,10,18H,9H2,1-4H3,(H,19,23)(H,20,22). The maximum absolute atomic E-state index is 12.3. The van der Waals surface area contributed by atoms with E-state index in [4.69, 9.17) is 0 Å². The average molecular weight is 346 g/mol. The molecule has 2 amide bonds. The lowest BCUT2D eigenvalue weighted by Crippen LogP contribution is -2.24. The van der Waals surface area contributed by atoms with Gasteiger partial charge in [0.05, 0.1) is 11.3 Å². The first-order valence-electron chi connectivity index (χ1n) is 7.74. The number of aryl methyl sites for hydroxylation is 1. The molecule has 0 aliphatic carbocycles. The zero-order valence-corrected chi connectivity index (χ0v) is 15.1. The Labute approximate surface area is 145 Å². The third-order valence-corrected chi connectivity index (χ3v) is 4.47. The summed E-state index contributed by atoms with van der Waals surface area (Å²) < 4.78 is 4.19. The first-order valence-corrected chi connectivity index (χ1v) is 8.51. The van der Waals surface area contributed by atoms with Gasteiger partial charge in [0.15, 0.2) is 0 Å². The molecule has 0 atom stereocenters. The SMILES string of the molecule is CNc1snc(C)c1C(=O)NCc1ccc(NC(=O)C(C)C)cc1. The molecule has 1 aromatic heterocycles. The molecule has 24 heavy (non-hydrogen) atoms. The summed E-state index contributed by atoms with van der Waals surface area (Å²) in [4.78, 5) is 24.0. The summed E-state index contributed by atoms with van der Waals surface area (Å²) in [6.07, 6.45) is 0. The summed E-state index contributed by atoms with van der Waals surface area (Å²) in [5, 5.41) is 9.48. The number of carbonyl (C=O) groups is 2. The molecule has 3 N–H and O–H groups in total. The largest absolute Gasteiger partial charge is 0.378 e. The molecule has 0 aliphatic rings. The van der Waals surface area contributed by atoms with Crippen LogP contribution in [-0.4, -0.2) is 23.2 Å². The average Bonchev–Trinajstić information content (AvgIpc) is 2.94. The molecular weight excluding hydrogens is 324 g/mol. The third kappa shape index (κ3) is 4.32. The van der Waals surface area contributed by atoms with Crippen LogP contribution in [-0.2, 0) is 11.3 Å². The first kappa shape index (κ1) is 17.9. The van der Waals surface area contributed by atoms with Crippen molar-refractivity contribution in [2.24, 2.45) is 5.92 Å². The van der Waals surface area contributed by atoms with Gasteiger partial charge >= 0.3 is 0 Å². The molecular formula is C17H22N4O2S. The van der Waals surface area contributed by atoms with Crippen molar-refractivity contribution in [1.29, 1.82) is 0 Å². The van der Waals surface area contributed by atoms with Crippen LogP contribution < -0.4 is 16.0 Å². The van der Waals surface area contributed by atoms with Crippen molar-refractivity contribution >= 4 is 34.0 Å². The Morgan fingerprint density at radius 1 is 1.21 bits per heavy atom. The monoisotopic (exact) mass is 346 g/mol. The number of nitrogens with one attached hydrogen (secondary N) is 3. The number of amides is 2. The van der Waals surface area contributed by atoms with E-state index in [1.165, 1.54) is 11.5 Å². The molecule has 0 aliphatic heterocycles. The lowest BCUT2D eigenvalue weighted by Gasteiger charge is -2.09. The fraction of sp³-hybridized carbons (Fsp3) is 0.353. The van der Waals surface area contributed by atoms with Crippen LogP contribution >= 0.6 is 11.5 Å². The van der Waals surface area contributed by atoms with Crippen LogP contribution in [0.2, 0.25) is 0 Å². The van der Waals surface area contributed by atoms with Crippen molar-refractivity contribution in [1.82, 2.24) is 9.69 Å².